The molecule has 1 aliphatic rings. The molecule has 188 valence electrons. The Bertz CT molecular complexity index is 1220. The molecule has 1 aliphatic carbocycles. The Morgan fingerprint density at radius 2 is 1.86 bits per heavy atom. The van der Waals surface area contributed by atoms with Gasteiger partial charge in [0.15, 0.2) is 0 Å². The van der Waals surface area contributed by atoms with Gasteiger partial charge in [-0.25, -0.2) is 9.97 Å². The van der Waals surface area contributed by atoms with E-state index in [1.807, 2.05) is 19.1 Å². The van der Waals surface area contributed by atoms with E-state index in [1.54, 1.807) is 13.1 Å². The van der Waals surface area contributed by atoms with E-state index >= 15 is 0 Å². The van der Waals surface area contributed by atoms with Gasteiger partial charge in [0, 0.05) is 40.8 Å². The molecular formula is C25H30F3N5OS. The number of rotatable bonds is 6. The summed E-state index contributed by atoms with van der Waals surface area (Å²) in [5, 5.41) is 7.13. The highest BCUT2D eigenvalue weighted by atomic mass is 32.2. The maximum absolute atomic E-state index is 13.5. The van der Waals surface area contributed by atoms with E-state index < -0.39 is 22.5 Å². The third-order valence-corrected chi connectivity index (χ3v) is 8.51. The summed E-state index contributed by atoms with van der Waals surface area (Å²) in [5.74, 6) is 1.40. The minimum atomic E-state index is -4.60. The summed E-state index contributed by atoms with van der Waals surface area (Å²) in [4.78, 5) is 8.82. The van der Waals surface area contributed by atoms with Crippen molar-refractivity contribution in [3.8, 4) is 11.3 Å². The Morgan fingerprint density at radius 3 is 2.43 bits per heavy atom. The largest absolute Gasteiger partial charge is 0.419 e. The number of benzene rings is 1. The van der Waals surface area contributed by atoms with Crippen LogP contribution in [0.15, 0.2) is 41.7 Å². The Kier molecular flexibility index (Phi) is 7.30. The predicted molar refractivity (Wildman–Crippen MR) is 131 cm³/mol. The fourth-order valence-electron chi connectivity index (χ4n) is 4.60. The summed E-state index contributed by atoms with van der Waals surface area (Å²) in [6, 6.07) is 5.47. The summed E-state index contributed by atoms with van der Waals surface area (Å²) in [5.41, 5.74) is 0.547. The quantitative estimate of drug-likeness (QED) is 0.427. The van der Waals surface area contributed by atoms with E-state index in [0.29, 0.717) is 17.5 Å². The van der Waals surface area contributed by atoms with Gasteiger partial charge >= 0.3 is 6.18 Å². The number of hydrogen-bond acceptors (Lipinski definition) is 5. The molecule has 0 saturated heterocycles. The van der Waals surface area contributed by atoms with Gasteiger partial charge in [-0.05, 0) is 68.2 Å². The Hall–Kier alpha value is -2.75. The van der Waals surface area contributed by atoms with Gasteiger partial charge in [-0.2, -0.15) is 18.3 Å². The van der Waals surface area contributed by atoms with Crippen molar-refractivity contribution >= 4 is 22.4 Å². The summed E-state index contributed by atoms with van der Waals surface area (Å²) in [7, 11) is 0.531. The van der Waals surface area contributed by atoms with Gasteiger partial charge in [-0.1, -0.05) is 13.8 Å². The van der Waals surface area contributed by atoms with Crippen molar-refractivity contribution in [3.63, 3.8) is 0 Å². The molecule has 4 rings (SSSR count). The van der Waals surface area contributed by atoms with Gasteiger partial charge in [0.25, 0.3) is 0 Å². The molecular weight excluding hydrogens is 475 g/mol. The fourth-order valence-corrected chi connectivity index (χ4v) is 6.18. The number of anilines is 2. The van der Waals surface area contributed by atoms with Gasteiger partial charge in [0.1, 0.15) is 5.56 Å². The third kappa shape index (κ3) is 5.74. The molecule has 3 aromatic rings. The number of aryl methyl sites for hydroxylation is 2. The Morgan fingerprint density at radius 1 is 1.14 bits per heavy atom. The average molecular weight is 506 g/mol. The molecule has 6 nitrogen and oxygen atoms in total. The van der Waals surface area contributed by atoms with Crippen molar-refractivity contribution in [2.24, 2.45) is 18.9 Å². The van der Waals surface area contributed by atoms with Crippen LogP contribution in [-0.2, 0) is 24.0 Å². The highest BCUT2D eigenvalue weighted by molar-refractivity contribution is 7.85. The fraction of sp³-hybridized carbons (Fsp3) is 0.480. The van der Waals surface area contributed by atoms with Crippen molar-refractivity contribution in [2.45, 2.75) is 62.8 Å². The molecule has 2 heterocycles. The van der Waals surface area contributed by atoms with E-state index in [4.69, 9.17) is 0 Å². The van der Waals surface area contributed by atoms with E-state index in [1.165, 1.54) is 17.1 Å². The Labute approximate surface area is 205 Å². The van der Waals surface area contributed by atoms with Crippen LogP contribution in [0, 0.1) is 18.8 Å². The molecule has 1 unspecified atom stereocenters. The van der Waals surface area contributed by atoms with Crippen LogP contribution in [0.3, 0.4) is 0 Å². The zero-order chi connectivity index (χ0) is 25.3. The summed E-state index contributed by atoms with van der Waals surface area (Å²) in [6.07, 6.45) is 3.14. The zero-order valence-electron chi connectivity index (χ0n) is 20.3. The molecule has 1 fully saturated rings. The van der Waals surface area contributed by atoms with Gasteiger partial charge in [0.05, 0.1) is 22.7 Å². The second-order valence-corrected chi connectivity index (χ2v) is 11.3. The highest BCUT2D eigenvalue weighted by Crippen LogP contribution is 2.37. The van der Waals surface area contributed by atoms with Crippen molar-refractivity contribution in [1.29, 1.82) is 0 Å². The van der Waals surface area contributed by atoms with Crippen LogP contribution in [0.2, 0.25) is 0 Å². The second kappa shape index (κ2) is 10.1. The van der Waals surface area contributed by atoms with Crippen LogP contribution in [-0.4, -0.2) is 29.2 Å². The highest BCUT2D eigenvalue weighted by Gasteiger charge is 2.36. The Balaban J connectivity index is 1.53. The van der Waals surface area contributed by atoms with E-state index in [9.17, 15) is 17.4 Å². The van der Waals surface area contributed by atoms with Crippen molar-refractivity contribution in [1.82, 2.24) is 19.7 Å². The van der Waals surface area contributed by atoms with Gasteiger partial charge in [-0.3, -0.25) is 8.89 Å². The molecule has 0 spiro atoms. The van der Waals surface area contributed by atoms with E-state index in [0.717, 1.165) is 42.3 Å². The van der Waals surface area contributed by atoms with Gasteiger partial charge in [0.2, 0.25) is 5.95 Å². The normalized spacial score (nSPS) is 19.7. The average Bonchev–Trinajstić information content (AvgIpc) is 3.25. The van der Waals surface area contributed by atoms with Crippen molar-refractivity contribution in [2.75, 3.05) is 5.32 Å². The van der Waals surface area contributed by atoms with E-state index in [-0.39, 0.29) is 22.5 Å². The maximum Gasteiger partial charge on any atom is 0.419 e. The molecule has 0 bridgehead atoms. The lowest BCUT2D eigenvalue weighted by molar-refractivity contribution is -0.137. The molecule has 0 amide bonds. The first kappa shape index (κ1) is 25.3. The molecule has 0 radical (unpaired) electrons. The number of halogens is 3. The van der Waals surface area contributed by atoms with E-state index in [2.05, 4.69) is 34.2 Å². The summed E-state index contributed by atoms with van der Waals surface area (Å²) in [6.45, 7) is 6.36. The monoisotopic (exact) mass is 505 g/mol. The standard InChI is InChI=1S/C25H30F3N5OS/c1-15(2)17-5-7-19(8-6-17)35(34)20-9-10-22(16(3)11-20)31-24-29-13-21(25(26,27)28)23(32-24)18-12-30-33(4)14-18/h9-15,17,19H,5-8H2,1-4H3,(H,29,31,32). The van der Waals surface area contributed by atoms with Crippen LogP contribution in [0.1, 0.15) is 50.7 Å². The number of alkyl halides is 3. The van der Waals surface area contributed by atoms with Crippen LogP contribution >= 0.6 is 0 Å². The first-order valence-electron chi connectivity index (χ1n) is 11.7. The lowest BCUT2D eigenvalue weighted by atomic mass is 9.81. The minimum Gasteiger partial charge on any atom is -0.324 e. The van der Waals surface area contributed by atoms with Gasteiger partial charge in [-0.15, -0.1) is 0 Å². The molecule has 1 saturated carbocycles. The first-order valence-corrected chi connectivity index (χ1v) is 13.0. The smallest absolute Gasteiger partial charge is 0.324 e. The van der Waals surface area contributed by atoms with Crippen LogP contribution in [0.25, 0.3) is 11.3 Å². The predicted octanol–water partition coefficient (Wildman–Crippen LogP) is 6.27. The first-order chi connectivity index (χ1) is 16.5. The lowest BCUT2D eigenvalue weighted by Crippen LogP contribution is -2.25. The van der Waals surface area contributed by atoms with Crippen molar-refractivity contribution in [3.05, 3.63) is 47.9 Å². The molecule has 1 N–H and O–H groups in total. The maximum atomic E-state index is 13.5. The molecule has 1 aromatic carbocycles. The SMILES string of the molecule is Cc1cc(S(=O)C2CCC(C(C)C)CC2)ccc1Nc1ncc(C(F)(F)F)c(-c2cnn(C)c2)n1. The number of hydrogen-bond donors (Lipinski definition) is 1. The van der Waals surface area contributed by atoms with Gasteiger partial charge < -0.3 is 5.32 Å². The minimum absolute atomic E-state index is 0.0424. The molecule has 0 aliphatic heterocycles. The third-order valence-electron chi connectivity index (χ3n) is 6.71. The summed E-state index contributed by atoms with van der Waals surface area (Å²) >= 11 is 0. The molecule has 10 heteroatoms. The number of nitrogens with one attached hydrogen (secondary N) is 1. The number of aromatic nitrogens is 4. The molecule has 1 atom stereocenters. The number of nitrogens with zero attached hydrogens (tertiary/aromatic N) is 4. The van der Waals surface area contributed by atoms with Crippen LogP contribution in [0.5, 0.6) is 0 Å². The second-order valence-electron chi connectivity index (χ2n) is 9.54. The van der Waals surface area contributed by atoms with Crippen LogP contribution in [0.4, 0.5) is 24.8 Å². The topological polar surface area (TPSA) is 72.7 Å². The zero-order valence-corrected chi connectivity index (χ0v) is 21.1. The van der Waals surface area contributed by atoms with Crippen LogP contribution < -0.4 is 5.32 Å². The molecule has 35 heavy (non-hydrogen) atoms. The van der Waals surface area contributed by atoms with Crippen molar-refractivity contribution < 1.29 is 17.4 Å². The molecule has 2 aromatic heterocycles. The summed E-state index contributed by atoms with van der Waals surface area (Å²) < 4.78 is 55.2. The lowest BCUT2D eigenvalue weighted by Gasteiger charge is -2.30.